The average Bonchev–Trinajstić information content (AvgIpc) is 2.67. The van der Waals surface area contributed by atoms with E-state index >= 15 is 0 Å². The smallest absolute Gasteiger partial charge is 0.243 e. The molecule has 0 bridgehead atoms. The van der Waals surface area contributed by atoms with Crippen molar-refractivity contribution >= 4 is 21.6 Å². The summed E-state index contributed by atoms with van der Waals surface area (Å²) in [7, 11) is 0.410. The van der Waals surface area contributed by atoms with E-state index in [2.05, 4.69) is 5.32 Å². The number of nitriles is 1. The number of nitrogens with one attached hydrogen (secondary N) is 1. The molecule has 27 heavy (non-hydrogen) atoms. The molecule has 0 saturated heterocycles. The van der Waals surface area contributed by atoms with Gasteiger partial charge in [-0.05, 0) is 24.3 Å². The van der Waals surface area contributed by atoms with Gasteiger partial charge in [0, 0.05) is 30.9 Å². The van der Waals surface area contributed by atoms with Crippen molar-refractivity contribution < 1.29 is 22.7 Å². The highest BCUT2D eigenvalue weighted by Gasteiger charge is 2.23. The Kier molecular flexibility index (Phi) is 6.39. The third-order valence-corrected chi connectivity index (χ3v) is 5.51. The van der Waals surface area contributed by atoms with Gasteiger partial charge in [0.2, 0.25) is 15.9 Å². The number of nitrogens with zero attached hydrogens (tertiary/aromatic N) is 2. The van der Waals surface area contributed by atoms with E-state index in [1.165, 1.54) is 45.5 Å². The molecule has 142 valence electrons. The van der Waals surface area contributed by atoms with Gasteiger partial charge in [-0.2, -0.15) is 9.57 Å². The molecule has 2 aromatic carbocycles. The first kappa shape index (κ1) is 20.2. The molecule has 0 saturated carbocycles. The summed E-state index contributed by atoms with van der Waals surface area (Å²) >= 11 is 0. The maximum Gasteiger partial charge on any atom is 0.243 e. The SMILES string of the molecule is COc1cc(NC(=O)CN(C)S(=O)(=O)c2ccc(C#N)cc2)cc(OC)c1. The summed E-state index contributed by atoms with van der Waals surface area (Å²) in [6.45, 7) is -0.387. The van der Waals surface area contributed by atoms with E-state index in [1.54, 1.807) is 18.2 Å². The third kappa shape index (κ3) is 4.97. The van der Waals surface area contributed by atoms with Crippen LogP contribution in [0.5, 0.6) is 11.5 Å². The highest BCUT2D eigenvalue weighted by molar-refractivity contribution is 7.89. The van der Waals surface area contributed by atoms with Gasteiger partial charge in [0.05, 0.1) is 37.3 Å². The Balaban J connectivity index is 2.11. The molecule has 0 aliphatic rings. The van der Waals surface area contributed by atoms with Gasteiger partial charge in [-0.3, -0.25) is 4.79 Å². The van der Waals surface area contributed by atoms with Crippen LogP contribution in [-0.2, 0) is 14.8 Å². The second-order valence-electron chi connectivity index (χ2n) is 5.55. The first-order valence-corrected chi connectivity index (χ1v) is 9.23. The number of hydrogen-bond donors (Lipinski definition) is 1. The fourth-order valence-corrected chi connectivity index (χ4v) is 3.38. The van der Waals surface area contributed by atoms with E-state index < -0.39 is 15.9 Å². The van der Waals surface area contributed by atoms with Gasteiger partial charge in [-0.15, -0.1) is 0 Å². The van der Waals surface area contributed by atoms with E-state index in [4.69, 9.17) is 14.7 Å². The molecule has 0 aliphatic carbocycles. The Labute approximate surface area is 158 Å². The molecule has 1 N–H and O–H groups in total. The second-order valence-corrected chi connectivity index (χ2v) is 7.59. The standard InChI is InChI=1S/C18H19N3O5S/c1-21(27(23,24)17-6-4-13(11-19)5-7-17)12-18(22)20-14-8-15(25-2)10-16(9-14)26-3/h4-10H,12H2,1-3H3,(H,20,22). The number of sulfonamides is 1. The predicted molar refractivity (Wildman–Crippen MR) is 99.1 cm³/mol. The Morgan fingerprint density at radius 2 is 1.67 bits per heavy atom. The van der Waals surface area contributed by atoms with Gasteiger partial charge in [0.25, 0.3) is 0 Å². The molecular formula is C18H19N3O5S. The molecule has 0 heterocycles. The van der Waals surface area contributed by atoms with E-state index in [1.807, 2.05) is 6.07 Å². The summed E-state index contributed by atoms with van der Waals surface area (Å²) in [4.78, 5) is 12.3. The maximum atomic E-state index is 12.5. The zero-order valence-corrected chi connectivity index (χ0v) is 15.9. The zero-order valence-electron chi connectivity index (χ0n) is 15.1. The average molecular weight is 389 g/mol. The second kappa shape index (κ2) is 8.53. The number of likely N-dealkylation sites (N-methyl/N-ethyl adjacent to an activating group) is 1. The van der Waals surface area contributed by atoms with Crippen molar-refractivity contribution in [2.24, 2.45) is 0 Å². The minimum absolute atomic E-state index is 0.000139. The number of rotatable bonds is 7. The molecule has 0 radical (unpaired) electrons. The summed E-state index contributed by atoms with van der Waals surface area (Å²) in [5, 5.41) is 11.4. The van der Waals surface area contributed by atoms with Gasteiger partial charge in [-0.1, -0.05) is 0 Å². The predicted octanol–water partition coefficient (Wildman–Crippen LogP) is 1.83. The van der Waals surface area contributed by atoms with Crippen molar-refractivity contribution in [3.63, 3.8) is 0 Å². The van der Waals surface area contributed by atoms with Crippen molar-refractivity contribution in [1.29, 1.82) is 5.26 Å². The van der Waals surface area contributed by atoms with Crippen LogP contribution in [0.15, 0.2) is 47.4 Å². The van der Waals surface area contributed by atoms with Crippen LogP contribution in [-0.4, -0.2) is 46.4 Å². The van der Waals surface area contributed by atoms with Crippen LogP contribution < -0.4 is 14.8 Å². The number of carbonyl (C=O) groups excluding carboxylic acids is 1. The van der Waals surface area contributed by atoms with Gasteiger partial charge >= 0.3 is 0 Å². The fourth-order valence-electron chi connectivity index (χ4n) is 2.25. The molecule has 0 spiro atoms. The fraction of sp³-hybridized carbons (Fsp3) is 0.222. The van der Waals surface area contributed by atoms with Gasteiger partial charge in [0.1, 0.15) is 11.5 Å². The van der Waals surface area contributed by atoms with Crippen LogP contribution in [0, 0.1) is 11.3 Å². The topological polar surface area (TPSA) is 109 Å². The third-order valence-electron chi connectivity index (χ3n) is 3.69. The van der Waals surface area contributed by atoms with Crippen LogP contribution >= 0.6 is 0 Å². The maximum absolute atomic E-state index is 12.5. The molecule has 0 atom stereocenters. The first-order chi connectivity index (χ1) is 12.8. The summed E-state index contributed by atoms with van der Waals surface area (Å²) in [5.41, 5.74) is 0.765. The molecule has 1 amide bonds. The lowest BCUT2D eigenvalue weighted by Gasteiger charge is -2.17. The van der Waals surface area contributed by atoms with Crippen molar-refractivity contribution in [3.05, 3.63) is 48.0 Å². The van der Waals surface area contributed by atoms with Crippen molar-refractivity contribution in [3.8, 4) is 17.6 Å². The lowest BCUT2D eigenvalue weighted by atomic mass is 10.2. The summed E-state index contributed by atoms with van der Waals surface area (Å²) in [5.74, 6) is 0.455. The Morgan fingerprint density at radius 3 is 2.15 bits per heavy atom. The molecule has 0 aromatic heterocycles. The Morgan fingerprint density at radius 1 is 1.11 bits per heavy atom. The lowest BCUT2D eigenvalue weighted by molar-refractivity contribution is -0.116. The summed E-state index contributed by atoms with van der Waals surface area (Å²) in [6.07, 6.45) is 0. The van der Waals surface area contributed by atoms with Crippen LogP contribution in [0.25, 0.3) is 0 Å². The molecule has 2 aromatic rings. The Hall–Kier alpha value is -3.09. The number of carbonyl (C=O) groups is 1. The number of amides is 1. The summed E-state index contributed by atoms with van der Waals surface area (Å²) in [6, 6.07) is 12.2. The molecule has 2 rings (SSSR count). The zero-order chi connectivity index (χ0) is 20.0. The van der Waals surface area contributed by atoms with Crippen molar-refractivity contribution in [2.45, 2.75) is 4.90 Å². The first-order valence-electron chi connectivity index (χ1n) is 7.79. The Bertz CT molecular complexity index is 943. The number of anilines is 1. The molecular weight excluding hydrogens is 370 g/mol. The molecule has 8 nitrogen and oxygen atoms in total. The van der Waals surface area contributed by atoms with E-state index in [9.17, 15) is 13.2 Å². The molecule has 0 aliphatic heterocycles. The van der Waals surface area contributed by atoms with E-state index in [0.717, 1.165) is 4.31 Å². The highest BCUT2D eigenvalue weighted by atomic mass is 32.2. The van der Waals surface area contributed by atoms with Gasteiger partial charge in [0.15, 0.2) is 0 Å². The number of hydrogen-bond acceptors (Lipinski definition) is 6. The normalized spacial score (nSPS) is 10.9. The van der Waals surface area contributed by atoms with Gasteiger partial charge in [-0.25, -0.2) is 8.42 Å². The van der Waals surface area contributed by atoms with E-state index in [0.29, 0.717) is 22.7 Å². The molecule has 0 unspecified atom stereocenters. The quantitative estimate of drug-likeness (QED) is 0.774. The number of ether oxygens (including phenoxy) is 2. The molecule has 0 fully saturated rings. The molecule has 9 heteroatoms. The largest absolute Gasteiger partial charge is 0.497 e. The van der Waals surface area contributed by atoms with Crippen molar-refractivity contribution in [2.75, 3.05) is 33.1 Å². The van der Waals surface area contributed by atoms with Gasteiger partial charge < -0.3 is 14.8 Å². The number of benzene rings is 2. The highest BCUT2D eigenvalue weighted by Crippen LogP contribution is 2.25. The number of methoxy groups -OCH3 is 2. The van der Waals surface area contributed by atoms with Crippen molar-refractivity contribution in [1.82, 2.24) is 4.31 Å². The summed E-state index contributed by atoms with van der Waals surface area (Å²) < 4.78 is 36.3. The minimum atomic E-state index is -3.86. The monoisotopic (exact) mass is 389 g/mol. The van der Waals surface area contributed by atoms with Crippen LogP contribution in [0.4, 0.5) is 5.69 Å². The minimum Gasteiger partial charge on any atom is -0.497 e. The van der Waals surface area contributed by atoms with E-state index in [-0.39, 0.29) is 11.4 Å². The van der Waals surface area contributed by atoms with Crippen LogP contribution in [0.2, 0.25) is 0 Å². The lowest BCUT2D eigenvalue weighted by Crippen LogP contribution is -2.35. The van der Waals surface area contributed by atoms with Crippen LogP contribution in [0.3, 0.4) is 0 Å². The van der Waals surface area contributed by atoms with Crippen LogP contribution in [0.1, 0.15) is 5.56 Å².